The molecule has 0 amide bonds. The Balaban J connectivity index is 2.50. The maximum atomic E-state index is 10.7. The van der Waals surface area contributed by atoms with Gasteiger partial charge in [-0.2, -0.15) is 0 Å². The Morgan fingerprint density at radius 3 is 2.71 bits per heavy atom. The highest BCUT2D eigenvalue weighted by Gasteiger charge is 2.06. The highest BCUT2D eigenvalue weighted by molar-refractivity contribution is 5.75. The Morgan fingerprint density at radius 2 is 2.00 bits per heavy atom. The molecule has 1 aromatic heterocycles. The number of aliphatic carboxylic acids is 1. The quantitative estimate of drug-likeness (QED) is 0.771. The molecule has 5 nitrogen and oxygen atoms in total. The van der Waals surface area contributed by atoms with E-state index in [1.807, 2.05) is 0 Å². The van der Waals surface area contributed by atoms with E-state index in [4.69, 9.17) is 5.11 Å². The fourth-order valence-corrected chi connectivity index (χ4v) is 1.20. The van der Waals surface area contributed by atoms with Crippen molar-refractivity contribution >= 4 is 17.1 Å². The lowest BCUT2D eigenvalue weighted by molar-refractivity contribution is -0.136. The molecule has 0 bridgehead atoms. The summed E-state index contributed by atoms with van der Waals surface area (Å²) in [4.78, 5) is 21.1. The first-order valence-corrected chi connectivity index (χ1v) is 3.89. The number of carboxylic acid groups (broad SMARTS) is 1. The second-order valence-corrected chi connectivity index (χ2v) is 2.81. The first kappa shape index (κ1) is 8.55. The van der Waals surface area contributed by atoms with Crippen LogP contribution in [0, 0.1) is 0 Å². The lowest BCUT2D eigenvalue weighted by Gasteiger charge is -1.93. The van der Waals surface area contributed by atoms with E-state index in [0.717, 1.165) is 0 Å². The average molecular weight is 194 g/mol. The predicted octanol–water partition coefficient (Wildman–Crippen LogP) is 1.01. The van der Waals surface area contributed by atoms with Crippen molar-refractivity contribution in [2.24, 2.45) is 0 Å². The monoisotopic (exact) mass is 194 g/mol. The lowest BCUT2D eigenvalue weighted by atomic mass is 10.1. The van der Waals surface area contributed by atoms with Crippen molar-refractivity contribution in [1.82, 2.24) is 0 Å². The van der Waals surface area contributed by atoms with Crippen LogP contribution >= 0.6 is 0 Å². The number of hydrogen-bond donors (Lipinski definition) is 1. The van der Waals surface area contributed by atoms with E-state index in [1.54, 1.807) is 6.07 Å². The van der Waals surface area contributed by atoms with Crippen LogP contribution in [0.2, 0.25) is 0 Å². The molecular formula is C9H6O5. The number of fused-ring (bicyclic) bond motifs is 1. The van der Waals surface area contributed by atoms with Crippen molar-refractivity contribution in [3.8, 4) is 0 Å². The molecule has 0 unspecified atom stereocenters. The van der Waals surface area contributed by atoms with E-state index in [-0.39, 0.29) is 12.0 Å². The van der Waals surface area contributed by atoms with Gasteiger partial charge < -0.3 is 13.9 Å². The van der Waals surface area contributed by atoms with Crippen molar-refractivity contribution in [3.63, 3.8) is 0 Å². The van der Waals surface area contributed by atoms with Crippen molar-refractivity contribution < 1.29 is 18.7 Å². The average Bonchev–Trinajstić information content (AvgIpc) is 2.42. The molecule has 0 atom stereocenters. The summed E-state index contributed by atoms with van der Waals surface area (Å²) in [5.74, 6) is -1.72. The summed E-state index contributed by atoms with van der Waals surface area (Å²) in [6.07, 6.45) is -0.106. The molecular weight excluding hydrogens is 188 g/mol. The van der Waals surface area contributed by atoms with E-state index < -0.39 is 11.8 Å². The zero-order valence-corrected chi connectivity index (χ0v) is 7.02. The van der Waals surface area contributed by atoms with Gasteiger partial charge in [-0.15, -0.1) is 0 Å². The molecule has 1 N–H and O–H groups in total. The maximum Gasteiger partial charge on any atom is 0.519 e. The molecule has 0 aliphatic rings. The number of benzene rings is 1. The minimum Gasteiger partial charge on any atom is -0.481 e. The summed E-state index contributed by atoms with van der Waals surface area (Å²) in [7, 11) is 0. The van der Waals surface area contributed by atoms with Crippen LogP contribution in [0.5, 0.6) is 0 Å². The largest absolute Gasteiger partial charge is 0.519 e. The van der Waals surface area contributed by atoms with Crippen LogP contribution in [0.1, 0.15) is 5.56 Å². The normalized spacial score (nSPS) is 10.6. The van der Waals surface area contributed by atoms with Gasteiger partial charge in [0.2, 0.25) is 0 Å². The summed E-state index contributed by atoms with van der Waals surface area (Å²) in [5, 5.41) is 8.53. The van der Waals surface area contributed by atoms with Gasteiger partial charge in [0.25, 0.3) is 0 Å². The Labute approximate surface area is 77.6 Å². The molecule has 0 saturated heterocycles. The minimum atomic E-state index is -0.935. The fourth-order valence-electron chi connectivity index (χ4n) is 1.20. The molecule has 2 rings (SSSR count). The van der Waals surface area contributed by atoms with Gasteiger partial charge in [0.1, 0.15) is 0 Å². The third-order valence-corrected chi connectivity index (χ3v) is 1.75. The van der Waals surface area contributed by atoms with Crippen LogP contribution in [0.4, 0.5) is 0 Å². The Kier molecular flexibility index (Phi) is 1.85. The molecule has 2 aromatic rings. The van der Waals surface area contributed by atoms with E-state index in [1.165, 1.54) is 12.1 Å². The lowest BCUT2D eigenvalue weighted by Crippen LogP contribution is -1.99. The summed E-state index contributed by atoms with van der Waals surface area (Å²) in [6.45, 7) is 0. The van der Waals surface area contributed by atoms with Crippen LogP contribution in [0.3, 0.4) is 0 Å². The van der Waals surface area contributed by atoms with Gasteiger partial charge in [0.15, 0.2) is 11.2 Å². The first-order chi connectivity index (χ1) is 6.65. The third kappa shape index (κ3) is 1.52. The smallest absolute Gasteiger partial charge is 0.481 e. The standard InChI is InChI=1S/C9H6O5/c10-8(11)4-5-1-2-6-7(3-5)14-9(12)13-6/h1-3H,4H2,(H,10,11). The number of hydrogen-bond acceptors (Lipinski definition) is 4. The van der Waals surface area contributed by atoms with Gasteiger partial charge in [-0.1, -0.05) is 6.07 Å². The molecule has 5 heteroatoms. The van der Waals surface area contributed by atoms with Crippen LogP contribution in [-0.2, 0) is 11.2 Å². The SMILES string of the molecule is O=C(O)Cc1ccc2oc(=O)oc2c1. The second-order valence-electron chi connectivity index (χ2n) is 2.81. The zero-order valence-electron chi connectivity index (χ0n) is 7.02. The molecule has 14 heavy (non-hydrogen) atoms. The summed E-state index contributed by atoms with van der Waals surface area (Å²) < 4.78 is 9.33. The fraction of sp³-hybridized carbons (Fsp3) is 0.111. The number of carbonyl (C=O) groups is 1. The highest BCUT2D eigenvalue weighted by Crippen LogP contribution is 2.14. The number of rotatable bonds is 2. The van der Waals surface area contributed by atoms with E-state index in [2.05, 4.69) is 8.83 Å². The van der Waals surface area contributed by atoms with Gasteiger partial charge in [-0.3, -0.25) is 4.79 Å². The van der Waals surface area contributed by atoms with Gasteiger partial charge in [0.05, 0.1) is 6.42 Å². The first-order valence-electron chi connectivity index (χ1n) is 3.89. The highest BCUT2D eigenvalue weighted by atomic mass is 16.6. The molecule has 0 spiro atoms. The van der Waals surface area contributed by atoms with Gasteiger partial charge >= 0.3 is 11.8 Å². The third-order valence-electron chi connectivity index (χ3n) is 1.75. The van der Waals surface area contributed by atoms with Gasteiger partial charge in [-0.05, 0) is 17.7 Å². The predicted molar refractivity (Wildman–Crippen MR) is 46.1 cm³/mol. The second kappa shape index (κ2) is 3.02. The van der Waals surface area contributed by atoms with Gasteiger partial charge in [-0.25, -0.2) is 4.79 Å². The zero-order chi connectivity index (χ0) is 10.1. The summed E-state index contributed by atoms with van der Waals surface area (Å²) in [6, 6.07) is 4.57. The molecule has 1 heterocycles. The Bertz CT molecular complexity index is 533. The van der Waals surface area contributed by atoms with Crippen LogP contribution in [0.25, 0.3) is 11.2 Å². The summed E-state index contributed by atoms with van der Waals surface area (Å²) >= 11 is 0. The maximum absolute atomic E-state index is 10.7. The number of carboxylic acids is 1. The molecule has 1 aromatic carbocycles. The van der Waals surface area contributed by atoms with Gasteiger partial charge in [0, 0.05) is 0 Å². The Hall–Kier alpha value is -2.04. The van der Waals surface area contributed by atoms with Crippen molar-refractivity contribution in [3.05, 3.63) is 34.4 Å². The molecule has 0 aliphatic heterocycles. The minimum absolute atomic E-state index is 0.106. The van der Waals surface area contributed by atoms with Crippen LogP contribution in [-0.4, -0.2) is 11.1 Å². The van der Waals surface area contributed by atoms with E-state index >= 15 is 0 Å². The van der Waals surface area contributed by atoms with Crippen molar-refractivity contribution in [2.45, 2.75) is 6.42 Å². The molecule has 72 valence electrons. The topological polar surface area (TPSA) is 80.6 Å². The molecule has 0 aliphatic carbocycles. The van der Waals surface area contributed by atoms with E-state index in [9.17, 15) is 9.59 Å². The summed E-state index contributed by atoms with van der Waals surface area (Å²) in [5.41, 5.74) is 1.16. The molecule has 0 saturated carbocycles. The van der Waals surface area contributed by atoms with Crippen molar-refractivity contribution in [2.75, 3.05) is 0 Å². The Morgan fingerprint density at radius 1 is 1.29 bits per heavy atom. The van der Waals surface area contributed by atoms with E-state index in [0.29, 0.717) is 11.1 Å². The van der Waals surface area contributed by atoms with Crippen LogP contribution in [0.15, 0.2) is 31.8 Å². The van der Waals surface area contributed by atoms with Crippen LogP contribution < -0.4 is 5.82 Å². The molecule has 0 fully saturated rings. The molecule has 0 radical (unpaired) electrons. The van der Waals surface area contributed by atoms with Crippen molar-refractivity contribution in [1.29, 1.82) is 0 Å².